The van der Waals surface area contributed by atoms with Gasteiger partial charge in [0.05, 0.1) is 0 Å². The van der Waals surface area contributed by atoms with Crippen LogP contribution in [0.1, 0.15) is 25.7 Å². The summed E-state index contributed by atoms with van der Waals surface area (Å²) >= 11 is 0. The number of piperazine rings is 1. The Bertz CT molecular complexity index is 444. The highest BCUT2D eigenvalue weighted by Crippen LogP contribution is 2.31. The molecule has 4 aliphatic heterocycles. The Morgan fingerprint density at radius 3 is 2.23 bits per heavy atom. The largest absolute Gasteiger partial charge is 0.343 e. The zero-order chi connectivity index (χ0) is 14.8. The van der Waals surface area contributed by atoms with E-state index in [-0.39, 0.29) is 5.79 Å². The van der Waals surface area contributed by atoms with Crippen molar-refractivity contribution in [3.8, 4) is 0 Å². The molecule has 3 saturated heterocycles. The highest BCUT2D eigenvalue weighted by atomic mass is 15.5. The Morgan fingerprint density at radius 1 is 0.864 bits per heavy atom. The zero-order valence-electron chi connectivity index (χ0n) is 13.4. The Kier molecular flexibility index (Phi) is 4.07. The van der Waals surface area contributed by atoms with Crippen molar-refractivity contribution >= 4 is 5.96 Å². The van der Waals surface area contributed by atoms with Crippen LogP contribution < -0.4 is 10.6 Å². The number of nitrogens with one attached hydrogen (secondary N) is 2. The summed E-state index contributed by atoms with van der Waals surface area (Å²) in [6.45, 7) is 8.84. The molecule has 4 aliphatic rings. The molecule has 0 aromatic heterocycles. The molecule has 22 heavy (non-hydrogen) atoms. The average Bonchev–Trinajstić information content (AvgIpc) is 3.29. The molecule has 2 N–H and O–H groups in total. The van der Waals surface area contributed by atoms with Gasteiger partial charge < -0.3 is 15.5 Å². The SMILES string of the molecule is C1=CC(N2CCCC2)(N2CCNCC2)N=C(N2CCCC2)N1. The van der Waals surface area contributed by atoms with E-state index in [1.165, 1.54) is 25.7 Å². The molecular weight excluding hydrogens is 276 g/mol. The fraction of sp³-hybridized carbons (Fsp3) is 0.812. The van der Waals surface area contributed by atoms with Gasteiger partial charge in [-0.3, -0.25) is 9.80 Å². The van der Waals surface area contributed by atoms with E-state index in [0.717, 1.165) is 58.3 Å². The third-order valence-corrected chi connectivity index (χ3v) is 5.35. The van der Waals surface area contributed by atoms with E-state index in [9.17, 15) is 0 Å². The molecule has 0 saturated carbocycles. The van der Waals surface area contributed by atoms with Gasteiger partial charge in [0.2, 0.25) is 5.96 Å². The maximum Gasteiger partial charge on any atom is 0.201 e. The van der Waals surface area contributed by atoms with Gasteiger partial charge in [-0.25, -0.2) is 4.99 Å². The number of nitrogens with zero attached hydrogens (tertiary/aromatic N) is 4. The summed E-state index contributed by atoms with van der Waals surface area (Å²) in [5.74, 6) is 0.812. The van der Waals surface area contributed by atoms with Gasteiger partial charge in [-0.05, 0) is 31.8 Å². The monoisotopic (exact) mass is 304 g/mol. The summed E-state index contributed by atoms with van der Waals surface area (Å²) < 4.78 is 0. The predicted octanol–water partition coefficient (Wildman–Crippen LogP) is 0.210. The number of aliphatic imine (C=N–C) groups is 1. The van der Waals surface area contributed by atoms with Crippen molar-refractivity contribution in [3.05, 3.63) is 12.3 Å². The second kappa shape index (κ2) is 6.18. The normalized spacial score (nSPS) is 34.0. The van der Waals surface area contributed by atoms with Crippen LogP contribution in [0.25, 0.3) is 0 Å². The quantitative estimate of drug-likeness (QED) is 0.764. The fourth-order valence-electron chi connectivity index (χ4n) is 4.14. The van der Waals surface area contributed by atoms with Gasteiger partial charge in [-0.2, -0.15) is 0 Å². The molecule has 0 spiro atoms. The van der Waals surface area contributed by atoms with E-state index >= 15 is 0 Å². The average molecular weight is 304 g/mol. The Labute approximate surface area is 133 Å². The van der Waals surface area contributed by atoms with Crippen molar-refractivity contribution in [1.29, 1.82) is 0 Å². The number of guanidine groups is 1. The van der Waals surface area contributed by atoms with Crippen LogP contribution in [-0.2, 0) is 0 Å². The summed E-state index contributed by atoms with van der Waals surface area (Å²) in [4.78, 5) is 12.8. The first-order valence-electron chi connectivity index (χ1n) is 8.88. The maximum absolute atomic E-state index is 5.27. The standard InChI is InChI=1S/C16H28N6/c1-2-10-20(9-1)15-18-6-5-16(19-15,21-11-3-4-12-21)22-13-7-17-8-14-22/h5-6,17H,1-4,7-14H2,(H,18,19). The first kappa shape index (κ1) is 14.5. The molecule has 6 nitrogen and oxygen atoms in total. The van der Waals surface area contributed by atoms with E-state index < -0.39 is 0 Å². The summed E-state index contributed by atoms with van der Waals surface area (Å²) in [5.41, 5.74) is 0. The molecule has 0 bridgehead atoms. The van der Waals surface area contributed by atoms with Crippen molar-refractivity contribution in [1.82, 2.24) is 25.3 Å². The fourth-order valence-corrected chi connectivity index (χ4v) is 4.14. The van der Waals surface area contributed by atoms with Crippen molar-refractivity contribution in [3.63, 3.8) is 0 Å². The van der Waals surface area contributed by atoms with Crippen LogP contribution in [0.15, 0.2) is 17.3 Å². The molecule has 0 radical (unpaired) electrons. The molecule has 3 fully saturated rings. The van der Waals surface area contributed by atoms with E-state index in [1.807, 2.05) is 0 Å². The van der Waals surface area contributed by atoms with Crippen molar-refractivity contribution in [2.24, 2.45) is 4.99 Å². The molecule has 122 valence electrons. The third-order valence-electron chi connectivity index (χ3n) is 5.35. The van der Waals surface area contributed by atoms with Gasteiger partial charge in [0.25, 0.3) is 0 Å². The lowest BCUT2D eigenvalue weighted by Gasteiger charge is -2.48. The Morgan fingerprint density at radius 2 is 1.50 bits per heavy atom. The van der Waals surface area contributed by atoms with Crippen molar-refractivity contribution in [2.75, 3.05) is 52.4 Å². The van der Waals surface area contributed by atoms with Gasteiger partial charge in [0, 0.05) is 58.6 Å². The van der Waals surface area contributed by atoms with Crippen LogP contribution in [0.5, 0.6) is 0 Å². The van der Waals surface area contributed by atoms with Crippen LogP contribution in [0, 0.1) is 0 Å². The minimum absolute atomic E-state index is 0.262. The maximum atomic E-state index is 5.27. The van der Waals surface area contributed by atoms with Crippen LogP contribution in [0.2, 0.25) is 0 Å². The molecule has 0 aliphatic carbocycles. The molecule has 0 aromatic carbocycles. The Hall–Kier alpha value is -1.11. The van der Waals surface area contributed by atoms with Crippen molar-refractivity contribution < 1.29 is 0 Å². The second-order valence-corrected chi connectivity index (χ2v) is 6.73. The number of hydrogen-bond acceptors (Lipinski definition) is 6. The Balaban J connectivity index is 1.65. The van der Waals surface area contributed by atoms with E-state index in [1.54, 1.807) is 0 Å². The minimum atomic E-state index is -0.262. The summed E-state index contributed by atoms with van der Waals surface area (Å²) in [6, 6.07) is 0. The summed E-state index contributed by atoms with van der Waals surface area (Å²) in [6.07, 6.45) is 9.57. The van der Waals surface area contributed by atoms with Crippen LogP contribution in [-0.4, -0.2) is 78.8 Å². The van der Waals surface area contributed by atoms with Crippen LogP contribution >= 0.6 is 0 Å². The van der Waals surface area contributed by atoms with Gasteiger partial charge in [0.15, 0.2) is 5.79 Å². The molecular formula is C16H28N6. The highest BCUT2D eigenvalue weighted by Gasteiger charge is 2.44. The first-order valence-corrected chi connectivity index (χ1v) is 8.88. The summed E-state index contributed by atoms with van der Waals surface area (Å²) in [5, 5.41) is 6.87. The number of hydrogen-bond donors (Lipinski definition) is 2. The third kappa shape index (κ3) is 2.53. The summed E-state index contributed by atoms with van der Waals surface area (Å²) in [7, 11) is 0. The van der Waals surface area contributed by atoms with Gasteiger partial charge in [-0.1, -0.05) is 0 Å². The number of likely N-dealkylation sites (tertiary alicyclic amines) is 2. The van der Waals surface area contributed by atoms with E-state index in [2.05, 4.69) is 37.6 Å². The van der Waals surface area contributed by atoms with E-state index in [0.29, 0.717) is 0 Å². The molecule has 6 heteroatoms. The second-order valence-electron chi connectivity index (χ2n) is 6.73. The first-order chi connectivity index (χ1) is 10.9. The topological polar surface area (TPSA) is 46.1 Å². The molecule has 0 aromatic rings. The molecule has 0 amide bonds. The van der Waals surface area contributed by atoms with Crippen LogP contribution in [0.3, 0.4) is 0 Å². The highest BCUT2D eigenvalue weighted by molar-refractivity contribution is 5.82. The van der Waals surface area contributed by atoms with Gasteiger partial charge in [0.1, 0.15) is 0 Å². The van der Waals surface area contributed by atoms with Crippen molar-refractivity contribution in [2.45, 2.75) is 31.5 Å². The molecule has 4 rings (SSSR count). The zero-order valence-corrected chi connectivity index (χ0v) is 13.4. The van der Waals surface area contributed by atoms with Crippen LogP contribution in [0.4, 0.5) is 0 Å². The smallest absolute Gasteiger partial charge is 0.201 e. The number of rotatable bonds is 2. The lowest BCUT2D eigenvalue weighted by Crippen LogP contribution is -2.64. The van der Waals surface area contributed by atoms with Gasteiger partial charge in [-0.15, -0.1) is 0 Å². The lowest BCUT2D eigenvalue weighted by atomic mass is 10.2. The van der Waals surface area contributed by atoms with Gasteiger partial charge >= 0.3 is 0 Å². The minimum Gasteiger partial charge on any atom is -0.343 e. The molecule has 4 heterocycles. The molecule has 1 atom stereocenters. The predicted molar refractivity (Wildman–Crippen MR) is 88.5 cm³/mol. The van der Waals surface area contributed by atoms with E-state index in [4.69, 9.17) is 4.99 Å². The molecule has 1 unspecified atom stereocenters. The lowest BCUT2D eigenvalue weighted by molar-refractivity contribution is -0.0113.